The third-order valence-corrected chi connectivity index (χ3v) is 7.21. The van der Waals surface area contributed by atoms with Crippen molar-refractivity contribution in [2.45, 2.75) is 37.8 Å². The molecule has 7 nitrogen and oxygen atoms in total. The van der Waals surface area contributed by atoms with Gasteiger partial charge in [0.2, 0.25) is 5.91 Å². The summed E-state index contributed by atoms with van der Waals surface area (Å²) in [5.41, 5.74) is 1.92. The second kappa shape index (κ2) is 11.4. The summed E-state index contributed by atoms with van der Waals surface area (Å²) in [6.45, 7) is 2.88. The van der Waals surface area contributed by atoms with E-state index < -0.39 is 17.8 Å². The van der Waals surface area contributed by atoms with Gasteiger partial charge in [-0.15, -0.1) is 0 Å². The molecule has 9 heteroatoms. The van der Waals surface area contributed by atoms with Gasteiger partial charge in [-0.05, 0) is 60.9 Å². The fourth-order valence-corrected chi connectivity index (χ4v) is 5.17. The van der Waals surface area contributed by atoms with Crippen LogP contribution in [0, 0.1) is 5.82 Å². The van der Waals surface area contributed by atoms with Crippen LogP contribution in [-0.4, -0.2) is 44.2 Å². The molecular formula is C28H29ClFN3O4. The van der Waals surface area contributed by atoms with Crippen LogP contribution in [-0.2, 0) is 9.53 Å². The summed E-state index contributed by atoms with van der Waals surface area (Å²) in [4.78, 5) is 31.2. The number of hydrogen-bond donors (Lipinski definition) is 1. The molecule has 1 aromatic heterocycles. The van der Waals surface area contributed by atoms with Crippen LogP contribution in [0.4, 0.5) is 15.8 Å². The largest absolute Gasteiger partial charge is 0.459 e. The molecule has 1 aliphatic carbocycles. The van der Waals surface area contributed by atoms with Crippen LogP contribution in [0.2, 0.25) is 5.02 Å². The molecule has 1 saturated heterocycles. The maximum atomic E-state index is 14.1. The monoisotopic (exact) mass is 525 g/mol. The summed E-state index contributed by atoms with van der Waals surface area (Å²) in [6.07, 6.45) is 5.28. The van der Waals surface area contributed by atoms with Crippen molar-refractivity contribution in [1.29, 1.82) is 0 Å². The fraction of sp³-hybridized carbons (Fsp3) is 0.357. The Kier molecular flexibility index (Phi) is 7.76. The lowest BCUT2D eigenvalue weighted by atomic mass is 10.0. The van der Waals surface area contributed by atoms with Gasteiger partial charge in [-0.3, -0.25) is 14.5 Å². The third kappa shape index (κ3) is 5.65. The number of carbonyl (C=O) groups is 2. The molecule has 5 rings (SSSR count). The van der Waals surface area contributed by atoms with E-state index in [0.29, 0.717) is 18.8 Å². The van der Waals surface area contributed by atoms with E-state index in [1.807, 2.05) is 24.3 Å². The summed E-state index contributed by atoms with van der Waals surface area (Å²) >= 11 is 6.11. The number of nitrogens with zero attached hydrogens (tertiary/aromatic N) is 2. The second-order valence-corrected chi connectivity index (χ2v) is 9.74. The Morgan fingerprint density at radius 1 is 1.05 bits per heavy atom. The molecule has 1 saturated carbocycles. The van der Waals surface area contributed by atoms with E-state index in [0.717, 1.165) is 44.5 Å². The van der Waals surface area contributed by atoms with E-state index in [2.05, 4.69) is 10.2 Å². The lowest BCUT2D eigenvalue weighted by Crippen LogP contribution is -2.46. The maximum absolute atomic E-state index is 14.1. The van der Waals surface area contributed by atoms with Crippen molar-refractivity contribution in [2.24, 2.45) is 0 Å². The Labute approximate surface area is 220 Å². The normalized spacial score (nSPS) is 17.0. The first-order chi connectivity index (χ1) is 18.0. The van der Waals surface area contributed by atoms with Crippen molar-refractivity contribution in [3.8, 4) is 0 Å². The number of amides is 2. The Morgan fingerprint density at radius 2 is 1.78 bits per heavy atom. The molecule has 1 aliphatic heterocycles. The number of morpholine rings is 1. The number of halogens is 2. The molecule has 2 amide bonds. The molecule has 37 heavy (non-hydrogen) atoms. The molecule has 0 bridgehead atoms. The van der Waals surface area contributed by atoms with Crippen LogP contribution in [0.3, 0.4) is 0 Å². The minimum Gasteiger partial charge on any atom is -0.459 e. The van der Waals surface area contributed by atoms with E-state index in [4.69, 9.17) is 20.8 Å². The van der Waals surface area contributed by atoms with Gasteiger partial charge < -0.3 is 19.4 Å². The van der Waals surface area contributed by atoms with Gasteiger partial charge in [0.25, 0.3) is 5.91 Å². The molecule has 3 aromatic rings. The number of benzene rings is 2. The van der Waals surface area contributed by atoms with Gasteiger partial charge in [0.15, 0.2) is 5.76 Å². The van der Waals surface area contributed by atoms with Gasteiger partial charge >= 0.3 is 0 Å². The van der Waals surface area contributed by atoms with E-state index >= 15 is 0 Å². The highest BCUT2D eigenvalue weighted by atomic mass is 35.5. The van der Waals surface area contributed by atoms with Crippen LogP contribution >= 0.6 is 11.6 Å². The van der Waals surface area contributed by atoms with Crippen LogP contribution in [0.25, 0.3) is 0 Å². The van der Waals surface area contributed by atoms with E-state index in [9.17, 15) is 14.0 Å². The van der Waals surface area contributed by atoms with Gasteiger partial charge in [-0.1, -0.05) is 36.6 Å². The van der Waals surface area contributed by atoms with Crippen LogP contribution in [0.15, 0.2) is 65.3 Å². The molecule has 0 radical (unpaired) electrons. The first-order valence-corrected chi connectivity index (χ1v) is 12.9. The van der Waals surface area contributed by atoms with Crippen molar-refractivity contribution < 1.29 is 23.1 Å². The Bertz CT molecular complexity index is 1220. The lowest BCUT2D eigenvalue weighted by molar-refractivity contribution is -0.123. The lowest BCUT2D eigenvalue weighted by Gasteiger charge is -2.33. The van der Waals surface area contributed by atoms with Gasteiger partial charge in [0.1, 0.15) is 11.9 Å². The summed E-state index contributed by atoms with van der Waals surface area (Å²) in [5, 5.41) is 2.99. The fourth-order valence-electron chi connectivity index (χ4n) is 4.99. The number of anilines is 2. The van der Waals surface area contributed by atoms with Crippen molar-refractivity contribution in [1.82, 2.24) is 5.32 Å². The SMILES string of the molecule is O=C(NC1CCCC1)C(c1ccc(N2CCOCC2)cc1)N(C(=O)c1ccco1)c1ccc(F)c(Cl)c1. The molecule has 0 spiro atoms. The zero-order valence-electron chi connectivity index (χ0n) is 20.4. The van der Waals surface area contributed by atoms with Gasteiger partial charge in [0.05, 0.1) is 24.5 Å². The molecule has 1 unspecified atom stereocenters. The van der Waals surface area contributed by atoms with E-state index in [-0.39, 0.29) is 28.4 Å². The minimum absolute atomic E-state index is 0.0417. The molecule has 2 aliphatic rings. The van der Waals surface area contributed by atoms with Crippen LogP contribution in [0.5, 0.6) is 0 Å². The molecule has 194 valence electrons. The predicted molar refractivity (Wildman–Crippen MR) is 140 cm³/mol. The number of nitrogens with one attached hydrogen (secondary N) is 1. The summed E-state index contributed by atoms with van der Waals surface area (Å²) < 4.78 is 24.9. The maximum Gasteiger partial charge on any atom is 0.294 e. The number of ether oxygens (including phenoxy) is 1. The Morgan fingerprint density at radius 3 is 2.43 bits per heavy atom. The van der Waals surface area contributed by atoms with Crippen LogP contribution in [0.1, 0.15) is 47.8 Å². The van der Waals surface area contributed by atoms with Crippen molar-refractivity contribution in [3.63, 3.8) is 0 Å². The van der Waals surface area contributed by atoms with Crippen LogP contribution < -0.4 is 15.1 Å². The molecule has 1 N–H and O–H groups in total. The average molecular weight is 526 g/mol. The zero-order valence-corrected chi connectivity index (χ0v) is 21.1. The minimum atomic E-state index is -1.03. The van der Waals surface area contributed by atoms with Gasteiger partial charge in [0, 0.05) is 30.5 Å². The topological polar surface area (TPSA) is 75.0 Å². The zero-order chi connectivity index (χ0) is 25.8. The first-order valence-electron chi connectivity index (χ1n) is 12.6. The Hall–Kier alpha value is -3.36. The highest BCUT2D eigenvalue weighted by Gasteiger charge is 2.36. The number of furan rings is 1. The summed E-state index contributed by atoms with van der Waals surface area (Å²) in [5.74, 6) is -1.40. The van der Waals surface area contributed by atoms with Gasteiger partial charge in [-0.25, -0.2) is 4.39 Å². The van der Waals surface area contributed by atoms with Crippen molar-refractivity contribution >= 4 is 34.8 Å². The quantitative estimate of drug-likeness (QED) is 0.450. The third-order valence-electron chi connectivity index (χ3n) is 6.93. The number of rotatable bonds is 7. The molecular weight excluding hydrogens is 497 g/mol. The average Bonchev–Trinajstić information content (AvgIpc) is 3.64. The Balaban J connectivity index is 1.56. The molecule has 2 aromatic carbocycles. The molecule has 2 heterocycles. The van der Waals surface area contributed by atoms with E-state index in [1.165, 1.54) is 35.4 Å². The second-order valence-electron chi connectivity index (χ2n) is 9.33. The van der Waals surface area contributed by atoms with Gasteiger partial charge in [-0.2, -0.15) is 0 Å². The molecule has 1 atom stereocenters. The smallest absolute Gasteiger partial charge is 0.294 e. The van der Waals surface area contributed by atoms with Crippen molar-refractivity contribution in [3.05, 3.63) is 83.0 Å². The number of carbonyl (C=O) groups excluding carboxylic acids is 2. The summed E-state index contributed by atoms with van der Waals surface area (Å²) in [7, 11) is 0. The highest BCUT2D eigenvalue weighted by Crippen LogP contribution is 2.34. The number of hydrogen-bond acceptors (Lipinski definition) is 5. The first kappa shape index (κ1) is 25.3. The highest BCUT2D eigenvalue weighted by molar-refractivity contribution is 6.31. The predicted octanol–water partition coefficient (Wildman–Crippen LogP) is 5.36. The molecule has 2 fully saturated rings. The van der Waals surface area contributed by atoms with Crippen molar-refractivity contribution in [2.75, 3.05) is 36.1 Å². The summed E-state index contributed by atoms with van der Waals surface area (Å²) in [6, 6.07) is 13.8. The van der Waals surface area contributed by atoms with E-state index in [1.54, 1.807) is 6.07 Å². The standard InChI is InChI=1S/C28H29ClFN3O4/c29-23-18-22(11-12-24(23)30)33(28(35)25-6-3-15-37-25)26(27(34)31-20-4-1-2-5-20)19-7-9-21(10-8-19)32-13-16-36-17-14-32/h3,6-12,15,18,20,26H,1-2,4-5,13-14,16-17H2,(H,31,34).